The minimum Gasteiger partial charge on any atom is -0.300 e. The Balaban J connectivity index is 1.64. The minimum atomic E-state index is -0.309. The molecule has 4 aromatic rings. The van der Waals surface area contributed by atoms with Crippen LogP contribution in [-0.4, -0.2) is 20.4 Å². The summed E-state index contributed by atoms with van der Waals surface area (Å²) in [7, 11) is 0. The lowest BCUT2D eigenvalue weighted by atomic mass is 10.2. The van der Waals surface area contributed by atoms with Crippen LogP contribution in [0.1, 0.15) is 0 Å². The van der Waals surface area contributed by atoms with E-state index in [0.717, 1.165) is 10.4 Å². The van der Waals surface area contributed by atoms with Crippen LogP contribution >= 0.6 is 22.7 Å². The largest absolute Gasteiger partial charge is 0.300 e. The van der Waals surface area contributed by atoms with Crippen LogP contribution in [0.15, 0.2) is 59.1 Å². The smallest absolute Gasteiger partial charge is 0.262 e. The van der Waals surface area contributed by atoms with E-state index in [1.165, 1.54) is 33.6 Å². The number of nitrogens with one attached hydrogen (secondary N) is 1. The maximum absolute atomic E-state index is 12.6. The first-order chi connectivity index (χ1) is 12.2. The molecule has 124 valence electrons. The molecule has 0 aliphatic rings. The molecule has 4 rings (SSSR count). The fraction of sp³-hybridized carbons (Fsp3) is 0.0588. The number of rotatable bonds is 4. The Labute approximate surface area is 150 Å². The summed E-state index contributed by atoms with van der Waals surface area (Å²) in [4.78, 5) is 34.7. The molecule has 0 aliphatic carbocycles. The molecule has 0 radical (unpaired) electrons. The summed E-state index contributed by atoms with van der Waals surface area (Å²) in [5.74, 6) is -0.309. The van der Waals surface area contributed by atoms with Crippen LogP contribution in [0.2, 0.25) is 0 Å². The second-order valence-electron chi connectivity index (χ2n) is 5.26. The first-order valence-corrected chi connectivity index (χ1v) is 9.14. The van der Waals surface area contributed by atoms with Crippen LogP contribution in [0.25, 0.3) is 20.7 Å². The van der Waals surface area contributed by atoms with Gasteiger partial charge in [-0.1, -0.05) is 30.3 Å². The molecule has 8 heteroatoms. The van der Waals surface area contributed by atoms with Gasteiger partial charge >= 0.3 is 0 Å². The van der Waals surface area contributed by atoms with Crippen molar-refractivity contribution >= 4 is 43.9 Å². The molecule has 0 spiro atoms. The van der Waals surface area contributed by atoms with E-state index in [2.05, 4.69) is 15.3 Å². The monoisotopic (exact) mass is 368 g/mol. The van der Waals surface area contributed by atoms with E-state index in [9.17, 15) is 9.59 Å². The number of fused-ring (bicyclic) bond motifs is 1. The van der Waals surface area contributed by atoms with Gasteiger partial charge in [0.2, 0.25) is 5.91 Å². The summed E-state index contributed by atoms with van der Waals surface area (Å²) in [6.45, 7) is -0.0993. The predicted octanol–water partition coefficient (Wildman–Crippen LogP) is 3.22. The molecule has 1 N–H and O–H groups in total. The van der Waals surface area contributed by atoms with Gasteiger partial charge < -0.3 is 5.32 Å². The third-order valence-corrected chi connectivity index (χ3v) is 5.35. The van der Waals surface area contributed by atoms with Gasteiger partial charge in [-0.15, -0.1) is 22.7 Å². The lowest BCUT2D eigenvalue weighted by Crippen LogP contribution is -2.27. The van der Waals surface area contributed by atoms with Gasteiger partial charge in [0.1, 0.15) is 11.4 Å². The molecule has 1 amide bonds. The molecule has 6 nitrogen and oxygen atoms in total. The summed E-state index contributed by atoms with van der Waals surface area (Å²) >= 11 is 2.79. The van der Waals surface area contributed by atoms with Crippen molar-refractivity contribution in [2.45, 2.75) is 6.54 Å². The van der Waals surface area contributed by atoms with Crippen LogP contribution < -0.4 is 10.9 Å². The molecule has 1 aromatic carbocycles. The quantitative estimate of drug-likeness (QED) is 0.600. The molecule has 0 atom stereocenters. The molecule has 0 unspecified atom stereocenters. The van der Waals surface area contributed by atoms with Gasteiger partial charge in [-0.05, 0) is 11.6 Å². The maximum Gasteiger partial charge on any atom is 0.262 e. The van der Waals surface area contributed by atoms with Crippen molar-refractivity contribution in [2.75, 3.05) is 5.32 Å². The normalized spacial score (nSPS) is 10.9. The number of hydrogen-bond acceptors (Lipinski definition) is 6. The van der Waals surface area contributed by atoms with Crippen molar-refractivity contribution in [3.05, 3.63) is 64.7 Å². The Morgan fingerprint density at radius 1 is 1.20 bits per heavy atom. The maximum atomic E-state index is 12.6. The Morgan fingerprint density at radius 2 is 2.04 bits per heavy atom. The minimum absolute atomic E-state index is 0.0993. The fourth-order valence-electron chi connectivity index (χ4n) is 2.42. The SMILES string of the molecule is O=C(Cn1cnc2sc(-c3ccccc3)cc2c1=O)Nc1nccs1. The number of benzene rings is 1. The number of anilines is 1. The Hall–Kier alpha value is -2.84. The average Bonchev–Trinajstić information content (AvgIpc) is 3.28. The van der Waals surface area contributed by atoms with Gasteiger partial charge in [0, 0.05) is 16.5 Å². The molecule has 0 saturated carbocycles. The van der Waals surface area contributed by atoms with Crippen LogP contribution in [0.3, 0.4) is 0 Å². The molecule has 0 aliphatic heterocycles. The third-order valence-electron chi connectivity index (χ3n) is 3.57. The van der Waals surface area contributed by atoms with E-state index in [-0.39, 0.29) is 18.0 Å². The Kier molecular flexibility index (Phi) is 4.12. The number of aromatic nitrogens is 3. The molecule has 25 heavy (non-hydrogen) atoms. The summed E-state index contributed by atoms with van der Waals surface area (Å²) in [5.41, 5.74) is 0.815. The van der Waals surface area contributed by atoms with E-state index in [1.807, 2.05) is 36.4 Å². The van der Waals surface area contributed by atoms with Crippen LogP contribution in [0, 0.1) is 0 Å². The lowest BCUT2D eigenvalue weighted by molar-refractivity contribution is -0.116. The first-order valence-electron chi connectivity index (χ1n) is 7.44. The van der Waals surface area contributed by atoms with E-state index in [1.54, 1.807) is 11.6 Å². The molecule has 0 saturated heterocycles. The van der Waals surface area contributed by atoms with Crippen molar-refractivity contribution in [3.63, 3.8) is 0 Å². The van der Waals surface area contributed by atoms with Crippen molar-refractivity contribution in [1.82, 2.24) is 14.5 Å². The van der Waals surface area contributed by atoms with Crippen molar-refractivity contribution in [1.29, 1.82) is 0 Å². The van der Waals surface area contributed by atoms with Crippen LogP contribution in [-0.2, 0) is 11.3 Å². The van der Waals surface area contributed by atoms with Crippen LogP contribution in [0.5, 0.6) is 0 Å². The summed E-state index contributed by atoms with van der Waals surface area (Å²) in [6.07, 6.45) is 3.02. The molecule has 3 aromatic heterocycles. The topological polar surface area (TPSA) is 76.9 Å². The average molecular weight is 368 g/mol. The van der Waals surface area contributed by atoms with E-state index < -0.39 is 0 Å². The predicted molar refractivity (Wildman–Crippen MR) is 100 cm³/mol. The third kappa shape index (κ3) is 3.21. The number of hydrogen-bond donors (Lipinski definition) is 1. The zero-order chi connectivity index (χ0) is 17.2. The fourth-order valence-corrected chi connectivity index (χ4v) is 3.96. The van der Waals surface area contributed by atoms with Gasteiger partial charge in [-0.2, -0.15) is 0 Å². The number of nitrogens with zero attached hydrogens (tertiary/aromatic N) is 3. The molecular weight excluding hydrogens is 356 g/mol. The van der Waals surface area contributed by atoms with Crippen LogP contribution in [0.4, 0.5) is 5.13 Å². The van der Waals surface area contributed by atoms with E-state index in [0.29, 0.717) is 15.3 Å². The van der Waals surface area contributed by atoms with Crippen molar-refractivity contribution in [2.24, 2.45) is 0 Å². The van der Waals surface area contributed by atoms with Gasteiger partial charge in [0.25, 0.3) is 5.56 Å². The van der Waals surface area contributed by atoms with Gasteiger partial charge in [-0.25, -0.2) is 9.97 Å². The Morgan fingerprint density at radius 3 is 2.80 bits per heavy atom. The zero-order valence-corrected chi connectivity index (χ0v) is 14.5. The number of thiazole rings is 1. The summed E-state index contributed by atoms with van der Waals surface area (Å²) in [6, 6.07) is 11.7. The second kappa shape index (κ2) is 6.58. The second-order valence-corrected chi connectivity index (χ2v) is 7.18. The molecular formula is C17H12N4O2S2. The zero-order valence-electron chi connectivity index (χ0n) is 12.9. The summed E-state index contributed by atoms with van der Waals surface area (Å²) < 4.78 is 1.31. The highest BCUT2D eigenvalue weighted by molar-refractivity contribution is 7.21. The number of carbonyl (C=O) groups excluding carboxylic acids is 1. The Bertz CT molecular complexity index is 1080. The van der Waals surface area contributed by atoms with Crippen molar-refractivity contribution in [3.8, 4) is 10.4 Å². The lowest BCUT2D eigenvalue weighted by Gasteiger charge is -2.04. The molecule has 0 bridgehead atoms. The highest BCUT2D eigenvalue weighted by atomic mass is 32.1. The number of thiophene rings is 1. The molecule has 3 heterocycles. The number of carbonyl (C=O) groups is 1. The van der Waals surface area contributed by atoms with E-state index >= 15 is 0 Å². The highest BCUT2D eigenvalue weighted by Crippen LogP contribution is 2.30. The summed E-state index contributed by atoms with van der Waals surface area (Å²) in [5, 5.41) is 5.46. The van der Waals surface area contributed by atoms with Gasteiger partial charge in [0.05, 0.1) is 11.7 Å². The number of amides is 1. The van der Waals surface area contributed by atoms with Crippen molar-refractivity contribution < 1.29 is 4.79 Å². The van der Waals surface area contributed by atoms with Gasteiger partial charge in [0.15, 0.2) is 5.13 Å². The highest BCUT2D eigenvalue weighted by Gasteiger charge is 2.12. The van der Waals surface area contributed by atoms with Gasteiger partial charge in [-0.3, -0.25) is 14.2 Å². The first kappa shape index (κ1) is 15.7. The molecule has 0 fully saturated rings. The standard InChI is InChI=1S/C17H12N4O2S2/c22-14(20-17-18-6-7-24-17)9-21-10-19-15-12(16(21)23)8-13(25-15)11-4-2-1-3-5-11/h1-8,10H,9H2,(H,18,20,22). The van der Waals surface area contributed by atoms with E-state index in [4.69, 9.17) is 0 Å².